The fourth-order valence-electron chi connectivity index (χ4n) is 2.45. The fraction of sp³-hybridized carbons (Fsp3) is 0.800. The van der Waals surface area contributed by atoms with Crippen LogP contribution in [0.25, 0.3) is 0 Å². The van der Waals surface area contributed by atoms with E-state index in [-0.39, 0.29) is 11.2 Å². The van der Waals surface area contributed by atoms with Gasteiger partial charge in [0.1, 0.15) is 5.82 Å². The fourth-order valence-corrected chi connectivity index (χ4v) is 3.40. The average molecular weight is 324 g/mol. The van der Waals surface area contributed by atoms with Gasteiger partial charge in [0, 0.05) is 32.2 Å². The molecule has 0 bridgehead atoms. The van der Waals surface area contributed by atoms with Crippen molar-refractivity contribution in [2.75, 3.05) is 20.3 Å². The van der Waals surface area contributed by atoms with E-state index in [1.54, 1.807) is 7.11 Å². The van der Waals surface area contributed by atoms with Crippen molar-refractivity contribution in [2.24, 2.45) is 0 Å². The van der Waals surface area contributed by atoms with Gasteiger partial charge in [-0.3, -0.25) is 4.79 Å². The number of methoxy groups -OCH3 is 1. The molecule has 1 amide bonds. The number of thioether (sulfide) groups is 1. The molecule has 6 nitrogen and oxygen atoms in total. The topological polar surface area (TPSA) is 69.0 Å². The SMILES string of the molecule is COCCCNC(=O)C(C)Sc1nnc(C2CC2)n1C1CC1. The summed E-state index contributed by atoms with van der Waals surface area (Å²) in [6.07, 6.45) is 5.71. The van der Waals surface area contributed by atoms with Gasteiger partial charge in [-0.2, -0.15) is 0 Å². The van der Waals surface area contributed by atoms with Crippen LogP contribution in [0.2, 0.25) is 0 Å². The molecule has 2 saturated carbocycles. The first-order valence-electron chi connectivity index (χ1n) is 8.08. The summed E-state index contributed by atoms with van der Waals surface area (Å²) in [5.41, 5.74) is 0. The quantitative estimate of drug-likeness (QED) is 0.556. The zero-order valence-corrected chi connectivity index (χ0v) is 14.1. The van der Waals surface area contributed by atoms with Crippen molar-refractivity contribution in [1.82, 2.24) is 20.1 Å². The standard InChI is InChI=1S/C15H24N4O2S/c1-10(14(20)16-8-3-9-21-2)22-15-18-17-13(11-4-5-11)19(15)12-6-7-12/h10-12H,3-9H2,1-2H3,(H,16,20). The number of carbonyl (C=O) groups excluding carboxylic acids is 1. The van der Waals surface area contributed by atoms with Crippen LogP contribution in [-0.2, 0) is 9.53 Å². The number of ether oxygens (including phenoxy) is 1. The summed E-state index contributed by atoms with van der Waals surface area (Å²) in [5.74, 6) is 1.79. The second-order valence-corrected chi connectivity index (χ2v) is 7.42. The zero-order chi connectivity index (χ0) is 15.5. The van der Waals surface area contributed by atoms with Crippen LogP contribution in [0.3, 0.4) is 0 Å². The Kier molecular flexibility index (Phi) is 5.03. The highest BCUT2D eigenvalue weighted by atomic mass is 32.2. The van der Waals surface area contributed by atoms with Crippen molar-refractivity contribution in [1.29, 1.82) is 0 Å². The lowest BCUT2D eigenvalue weighted by Crippen LogP contribution is -2.32. The number of amides is 1. The first kappa shape index (κ1) is 15.8. The van der Waals surface area contributed by atoms with E-state index in [0.717, 1.165) is 17.4 Å². The molecule has 0 aliphatic heterocycles. The van der Waals surface area contributed by atoms with Gasteiger partial charge in [-0.25, -0.2) is 0 Å². The summed E-state index contributed by atoms with van der Waals surface area (Å²) in [5, 5.41) is 12.4. The predicted octanol–water partition coefficient (Wildman–Crippen LogP) is 2.12. The lowest BCUT2D eigenvalue weighted by molar-refractivity contribution is -0.120. The minimum Gasteiger partial charge on any atom is -0.385 e. The van der Waals surface area contributed by atoms with Gasteiger partial charge in [0.25, 0.3) is 0 Å². The van der Waals surface area contributed by atoms with Gasteiger partial charge in [-0.05, 0) is 39.0 Å². The van der Waals surface area contributed by atoms with Crippen molar-refractivity contribution >= 4 is 17.7 Å². The van der Waals surface area contributed by atoms with Crippen LogP contribution in [0.15, 0.2) is 5.16 Å². The van der Waals surface area contributed by atoms with Crippen LogP contribution in [-0.4, -0.2) is 46.2 Å². The van der Waals surface area contributed by atoms with E-state index >= 15 is 0 Å². The molecule has 22 heavy (non-hydrogen) atoms. The summed E-state index contributed by atoms with van der Waals surface area (Å²) in [4.78, 5) is 12.1. The first-order valence-corrected chi connectivity index (χ1v) is 8.96. The van der Waals surface area contributed by atoms with Crippen LogP contribution < -0.4 is 5.32 Å². The molecule has 0 saturated heterocycles. The number of nitrogens with zero attached hydrogens (tertiary/aromatic N) is 3. The molecule has 7 heteroatoms. The molecular weight excluding hydrogens is 300 g/mol. The predicted molar refractivity (Wildman–Crippen MR) is 85.1 cm³/mol. The zero-order valence-electron chi connectivity index (χ0n) is 13.2. The summed E-state index contributed by atoms with van der Waals surface area (Å²) in [6, 6.07) is 0.560. The summed E-state index contributed by atoms with van der Waals surface area (Å²) in [7, 11) is 1.67. The van der Waals surface area contributed by atoms with Crippen LogP contribution in [0.5, 0.6) is 0 Å². The third kappa shape index (κ3) is 3.81. The summed E-state index contributed by atoms with van der Waals surface area (Å²) >= 11 is 1.52. The van der Waals surface area contributed by atoms with E-state index in [0.29, 0.717) is 25.1 Å². The molecule has 1 atom stereocenters. The van der Waals surface area contributed by atoms with E-state index in [4.69, 9.17) is 4.74 Å². The Morgan fingerprint density at radius 2 is 2.18 bits per heavy atom. The van der Waals surface area contributed by atoms with E-state index in [1.807, 2.05) is 6.92 Å². The molecule has 0 aromatic carbocycles. The Morgan fingerprint density at radius 3 is 2.82 bits per heavy atom. The smallest absolute Gasteiger partial charge is 0.233 e. The van der Waals surface area contributed by atoms with E-state index in [1.165, 1.54) is 37.4 Å². The molecule has 1 aromatic rings. The van der Waals surface area contributed by atoms with Crippen molar-refractivity contribution in [3.05, 3.63) is 5.82 Å². The van der Waals surface area contributed by atoms with Crippen LogP contribution in [0.4, 0.5) is 0 Å². The molecule has 1 N–H and O–H groups in total. The average Bonchev–Trinajstić information content (AvgIpc) is 3.42. The highest BCUT2D eigenvalue weighted by Crippen LogP contribution is 2.46. The maximum Gasteiger partial charge on any atom is 0.233 e. The maximum absolute atomic E-state index is 12.1. The molecule has 1 heterocycles. The maximum atomic E-state index is 12.1. The monoisotopic (exact) mass is 324 g/mol. The second kappa shape index (κ2) is 7.00. The molecule has 1 aromatic heterocycles. The normalized spacial score (nSPS) is 19.2. The van der Waals surface area contributed by atoms with Gasteiger partial charge >= 0.3 is 0 Å². The number of rotatable bonds is 9. The Balaban J connectivity index is 1.57. The Hall–Kier alpha value is -1.08. The molecule has 122 valence electrons. The molecule has 3 rings (SSSR count). The number of aromatic nitrogens is 3. The minimum atomic E-state index is -0.156. The Bertz CT molecular complexity index is 526. The van der Waals surface area contributed by atoms with E-state index < -0.39 is 0 Å². The first-order chi connectivity index (χ1) is 10.7. The lowest BCUT2D eigenvalue weighted by atomic mass is 10.4. The van der Waals surface area contributed by atoms with Crippen molar-refractivity contribution < 1.29 is 9.53 Å². The van der Waals surface area contributed by atoms with Gasteiger partial charge < -0.3 is 14.6 Å². The molecule has 2 aliphatic carbocycles. The number of carbonyl (C=O) groups is 1. The Morgan fingerprint density at radius 1 is 1.41 bits per heavy atom. The summed E-state index contributed by atoms with van der Waals surface area (Å²) < 4.78 is 7.27. The van der Waals surface area contributed by atoms with Gasteiger partial charge in [0.05, 0.1) is 5.25 Å². The number of nitrogens with one attached hydrogen (secondary N) is 1. The largest absolute Gasteiger partial charge is 0.385 e. The van der Waals surface area contributed by atoms with Gasteiger partial charge in [-0.1, -0.05) is 11.8 Å². The summed E-state index contributed by atoms with van der Waals surface area (Å²) in [6.45, 7) is 3.25. The van der Waals surface area contributed by atoms with Crippen molar-refractivity contribution in [3.8, 4) is 0 Å². The molecule has 0 radical (unpaired) electrons. The molecule has 0 spiro atoms. The highest BCUT2D eigenvalue weighted by molar-refractivity contribution is 8.00. The van der Waals surface area contributed by atoms with Gasteiger partial charge in [0.2, 0.25) is 5.91 Å². The second-order valence-electron chi connectivity index (χ2n) is 6.11. The third-order valence-electron chi connectivity index (χ3n) is 4.02. The molecular formula is C15H24N4O2S. The lowest BCUT2D eigenvalue weighted by Gasteiger charge is -2.13. The third-order valence-corrected chi connectivity index (χ3v) is 5.08. The highest BCUT2D eigenvalue weighted by Gasteiger charge is 2.37. The molecule has 1 unspecified atom stereocenters. The van der Waals surface area contributed by atoms with Gasteiger partial charge in [0.15, 0.2) is 5.16 Å². The minimum absolute atomic E-state index is 0.0550. The Labute approximate surface area is 135 Å². The van der Waals surface area contributed by atoms with E-state index in [2.05, 4.69) is 20.1 Å². The van der Waals surface area contributed by atoms with Crippen molar-refractivity contribution in [2.45, 2.75) is 61.4 Å². The number of hydrogen-bond acceptors (Lipinski definition) is 5. The van der Waals surface area contributed by atoms with Crippen LogP contribution >= 0.6 is 11.8 Å². The number of hydrogen-bond donors (Lipinski definition) is 1. The molecule has 2 aliphatic rings. The van der Waals surface area contributed by atoms with Gasteiger partial charge in [-0.15, -0.1) is 10.2 Å². The van der Waals surface area contributed by atoms with Crippen LogP contribution in [0, 0.1) is 0 Å². The van der Waals surface area contributed by atoms with E-state index in [9.17, 15) is 4.79 Å². The molecule has 2 fully saturated rings. The van der Waals surface area contributed by atoms with Crippen molar-refractivity contribution in [3.63, 3.8) is 0 Å². The van der Waals surface area contributed by atoms with Crippen LogP contribution in [0.1, 0.15) is 56.8 Å².